The minimum Gasteiger partial charge on any atom is -0.368 e. The van der Waals surface area contributed by atoms with Crippen molar-refractivity contribution in [3.63, 3.8) is 0 Å². The first-order valence-corrected chi connectivity index (χ1v) is 10.6. The fourth-order valence-corrected chi connectivity index (χ4v) is 4.86. The number of thiophene rings is 1. The van der Waals surface area contributed by atoms with Crippen LogP contribution in [0.2, 0.25) is 0 Å². The van der Waals surface area contributed by atoms with Crippen LogP contribution in [-0.2, 0) is 12.8 Å². The van der Waals surface area contributed by atoms with Crippen LogP contribution < -0.4 is 4.90 Å². The SMILES string of the molecule is CCCc1sc(C(=O)N2CCN(c3ccc(C(C)=O)cc3)CC2)cc1CC. The van der Waals surface area contributed by atoms with Crippen molar-refractivity contribution in [3.8, 4) is 0 Å². The summed E-state index contributed by atoms with van der Waals surface area (Å²) < 4.78 is 0. The van der Waals surface area contributed by atoms with Crippen molar-refractivity contribution in [3.05, 3.63) is 51.2 Å². The second-order valence-electron chi connectivity index (χ2n) is 7.04. The summed E-state index contributed by atoms with van der Waals surface area (Å²) in [6.45, 7) is 9.03. The Bertz CT molecular complexity index is 802. The summed E-state index contributed by atoms with van der Waals surface area (Å²) >= 11 is 1.68. The van der Waals surface area contributed by atoms with E-state index in [0.29, 0.717) is 0 Å². The minimum atomic E-state index is 0.0850. The van der Waals surface area contributed by atoms with Gasteiger partial charge in [-0.3, -0.25) is 9.59 Å². The lowest BCUT2D eigenvalue weighted by molar-refractivity contribution is 0.0751. The molecular formula is C22H28N2O2S. The van der Waals surface area contributed by atoms with Gasteiger partial charge in [0.1, 0.15) is 0 Å². The molecule has 144 valence electrons. The maximum atomic E-state index is 12.9. The zero-order valence-corrected chi connectivity index (χ0v) is 17.3. The lowest BCUT2D eigenvalue weighted by atomic mass is 10.1. The van der Waals surface area contributed by atoms with Crippen molar-refractivity contribution in [2.24, 2.45) is 0 Å². The lowest BCUT2D eigenvalue weighted by Gasteiger charge is -2.36. The van der Waals surface area contributed by atoms with E-state index in [1.54, 1.807) is 18.3 Å². The Hall–Kier alpha value is -2.14. The van der Waals surface area contributed by atoms with Crippen LogP contribution in [0.25, 0.3) is 0 Å². The molecular weight excluding hydrogens is 356 g/mol. The van der Waals surface area contributed by atoms with Gasteiger partial charge in [-0.25, -0.2) is 0 Å². The molecule has 1 saturated heterocycles. The van der Waals surface area contributed by atoms with Crippen LogP contribution in [-0.4, -0.2) is 42.8 Å². The molecule has 1 fully saturated rings. The summed E-state index contributed by atoms with van der Waals surface area (Å²) in [5, 5.41) is 0. The fraction of sp³-hybridized carbons (Fsp3) is 0.455. The van der Waals surface area contributed by atoms with Crippen molar-refractivity contribution < 1.29 is 9.59 Å². The van der Waals surface area contributed by atoms with E-state index in [4.69, 9.17) is 0 Å². The molecule has 2 heterocycles. The van der Waals surface area contributed by atoms with Gasteiger partial charge in [-0.15, -0.1) is 11.3 Å². The Morgan fingerprint density at radius 2 is 1.70 bits per heavy atom. The van der Waals surface area contributed by atoms with Gasteiger partial charge in [0.2, 0.25) is 0 Å². The lowest BCUT2D eigenvalue weighted by Crippen LogP contribution is -2.48. The smallest absolute Gasteiger partial charge is 0.264 e. The highest BCUT2D eigenvalue weighted by Crippen LogP contribution is 2.26. The van der Waals surface area contributed by atoms with Crippen LogP contribution in [0, 0.1) is 0 Å². The van der Waals surface area contributed by atoms with Crippen molar-refractivity contribution in [2.75, 3.05) is 31.1 Å². The topological polar surface area (TPSA) is 40.6 Å². The highest BCUT2D eigenvalue weighted by molar-refractivity contribution is 7.14. The molecule has 27 heavy (non-hydrogen) atoms. The molecule has 4 nitrogen and oxygen atoms in total. The van der Waals surface area contributed by atoms with Gasteiger partial charge in [0.25, 0.3) is 5.91 Å². The van der Waals surface area contributed by atoms with E-state index in [2.05, 4.69) is 24.8 Å². The number of piperazine rings is 1. The van der Waals surface area contributed by atoms with Crippen LogP contribution >= 0.6 is 11.3 Å². The van der Waals surface area contributed by atoms with Crippen LogP contribution in [0.5, 0.6) is 0 Å². The number of carbonyl (C=O) groups excluding carboxylic acids is 2. The molecule has 1 aliphatic heterocycles. The third-order valence-electron chi connectivity index (χ3n) is 5.17. The summed E-state index contributed by atoms with van der Waals surface area (Å²) in [5.41, 5.74) is 3.18. The van der Waals surface area contributed by atoms with Gasteiger partial charge in [0, 0.05) is 42.3 Å². The fourth-order valence-electron chi connectivity index (χ4n) is 3.54. The molecule has 1 amide bonds. The number of carbonyl (C=O) groups is 2. The summed E-state index contributed by atoms with van der Waals surface area (Å²) in [6.07, 6.45) is 3.16. The number of ketones is 1. The molecule has 1 aliphatic rings. The normalized spacial score (nSPS) is 14.5. The van der Waals surface area contributed by atoms with E-state index in [1.165, 1.54) is 10.4 Å². The predicted octanol–water partition coefficient (Wildman–Crippen LogP) is 4.43. The largest absolute Gasteiger partial charge is 0.368 e. The number of rotatable bonds is 6. The average molecular weight is 385 g/mol. The van der Waals surface area contributed by atoms with E-state index in [-0.39, 0.29) is 11.7 Å². The number of nitrogens with zero attached hydrogens (tertiary/aromatic N) is 2. The highest BCUT2D eigenvalue weighted by Gasteiger charge is 2.24. The maximum absolute atomic E-state index is 12.9. The van der Waals surface area contributed by atoms with Crippen molar-refractivity contribution in [2.45, 2.75) is 40.0 Å². The average Bonchev–Trinajstić information content (AvgIpc) is 3.11. The standard InChI is InChI=1S/C22H28N2O2S/c1-4-6-20-17(5-2)15-21(27-20)22(26)24-13-11-23(12-14-24)19-9-7-18(8-10-19)16(3)25/h7-10,15H,4-6,11-14H2,1-3H3. The number of benzene rings is 1. The van der Waals surface area contributed by atoms with E-state index in [9.17, 15) is 9.59 Å². The molecule has 0 radical (unpaired) electrons. The van der Waals surface area contributed by atoms with Gasteiger partial charge in [-0.2, -0.15) is 0 Å². The van der Waals surface area contributed by atoms with Crippen LogP contribution in [0.4, 0.5) is 5.69 Å². The molecule has 0 spiro atoms. The van der Waals surface area contributed by atoms with E-state index < -0.39 is 0 Å². The monoisotopic (exact) mass is 384 g/mol. The van der Waals surface area contributed by atoms with Crippen LogP contribution in [0.3, 0.4) is 0 Å². The molecule has 0 unspecified atom stereocenters. The van der Waals surface area contributed by atoms with E-state index >= 15 is 0 Å². The van der Waals surface area contributed by atoms with Gasteiger partial charge in [-0.05, 0) is 55.7 Å². The van der Waals surface area contributed by atoms with Crippen LogP contribution in [0.15, 0.2) is 30.3 Å². The summed E-state index contributed by atoms with van der Waals surface area (Å²) in [5.74, 6) is 0.255. The number of aryl methyl sites for hydroxylation is 2. The first-order valence-electron chi connectivity index (χ1n) is 9.80. The Morgan fingerprint density at radius 3 is 2.26 bits per heavy atom. The van der Waals surface area contributed by atoms with Crippen molar-refractivity contribution >= 4 is 28.7 Å². The van der Waals surface area contributed by atoms with Gasteiger partial charge < -0.3 is 9.80 Å². The summed E-state index contributed by atoms with van der Waals surface area (Å²) in [7, 11) is 0. The van der Waals surface area contributed by atoms with Gasteiger partial charge in [0.15, 0.2) is 5.78 Å². The van der Waals surface area contributed by atoms with E-state index in [0.717, 1.165) is 61.6 Å². The van der Waals surface area contributed by atoms with Gasteiger partial charge in [-0.1, -0.05) is 20.3 Å². The third kappa shape index (κ3) is 4.41. The zero-order chi connectivity index (χ0) is 19.4. The molecule has 0 bridgehead atoms. The molecule has 0 aliphatic carbocycles. The number of anilines is 1. The molecule has 0 N–H and O–H groups in total. The molecule has 2 aromatic rings. The molecule has 5 heteroatoms. The van der Waals surface area contributed by atoms with Crippen molar-refractivity contribution in [1.29, 1.82) is 0 Å². The Morgan fingerprint density at radius 1 is 1.04 bits per heavy atom. The quantitative estimate of drug-likeness (QED) is 0.692. The first kappa shape index (κ1) is 19.6. The Kier molecular flexibility index (Phi) is 6.32. The van der Waals surface area contributed by atoms with Gasteiger partial charge >= 0.3 is 0 Å². The van der Waals surface area contributed by atoms with E-state index in [1.807, 2.05) is 29.2 Å². The van der Waals surface area contributed by atoms with Gasteiger partial charge in [0.05, 0.1) is 4.88 Å². The maximum Gasteiger partial charge on any atom is 0.264 e. The minimum absolute atomic E-state index is 0.0850. The second-order valence-corrected chi connectivity index (χ2v) is 8.18. The molecule has 3 rings (SSSR count). The number of hydrogen-bond acceptors (Lipinski definition) is 4. The molecule has 0 saturated carbocycles. The number of amides is 1. The first-order chi connectivity index (χ1) is 13.0. The predicted molar refractivity (Wildman–Crippen MR) is 112 cm³/mol. The molecule has 0 atom stereocenters. The summed E-state index contributed by atoms with van der Waals surface area (Å²) in [4.78, 5) is 30.9. The number of Topliss-reactive ketones (excluding diaryl/α,β-unsaturated/α-hetero) is 1. The molecule has 1 aromatic heterocycles. The second kappa shape index (κ2) is 8.70. The van der Waals surface area contributed by atoms with Crippen molar-refractivity contribution in [1.82, 2.24) is 4.90 Å². The Labute approximate surface area is 165 Å². The van der Waals surface area contributed by atoms with Crippen LogP contribution in [0.1, 0.15) is 57.7 Å². The summed E-state index contributed by atoms with van der Waals surface area (Å²) in [6, 6.07) is 9.85. The highest BCUT2D eigenvalue weighted by atomic mass is 32.1. The Balaban J connectivity index is 1.63. The molecule has 1 aromatic carbocycles. The third-order valence-corrected chi connectivity index (χ3v) is 6.40. The zero-order valence-electron chi connectivity index (χ0n) is 16.5. The number of hydrogen-bond donors (Lipinski definition) is 0.